The van der Waals surface area contributed by atoms with Gasteiger partial charge < -0.3 is 20.4 Å². The number of carbonyl (C=O) groups is 3. The zero-order valence-corrected chi connectivity index (χ0v) is 17.9. The first-order chi connectivity index (χ1) is 13.8. The molecule has 2 aliphatic rings. The van der Waals surface area contributed by atoms with E-state index >= 15 is 0 Å². The van der Waals surface area contributed by atoms with Gasteiger partial charge in [0, 0.05) is 38.7 Å². The predicted octanol–water partition coefficient (Wildman–Crippen LogP) is 2.00. The zero-order chi connectivity index (χ0) is 21.3. The van der Waals surface area contributed by atoms with Crippen LogP contribution in [0.1, 0.15) is 18.4 Å². The maximum Gasteiger partial charge on any atom is 0.242 e. The molecule has 2 unspecified atom stereocenters. The second-order valence-electron chi connectivity index (χ2n) is 6.96. The summed E-state index contributed by atoms with van der Waals surface area (Å²) in [6, 6.07) is -0.900. The lowest BCUT2D eigenvalue weighted by atomic mass is 10.1. The summed E-state index contributed by atoms with van der Waals surface area (Å²) in [6.07, 6.45) is 1.10. The quantitative estimate of drug-likeness (QED) is 0.382. The molecule has 0 aromatic heterocycles. The molecule has 2 heterocycles. The molecule has 2 aliphatic heterocycles. The molecule has 158 valence electrons. The van der Waals surface area contributed by atoms with Crippen LogP contribution >= 0.6 is 34.8 Å². The summed E-state index contributed by atoms with van der Waals surface area (Å²) >= 11 is 18.3. The Kier molecular flexibility index (Phi) is 6.76. The van der Waals surface area contributed by atoms with Crippen LogP contribution < -0.4 is 15.5 Å². The number of halogens is 4. The lowest BCUT2D eigenvalue weighted by molar-refractivity contribution is -0.132. The number of piperazine rings is 1. The third-order valence-electron chi connectivity index (χ3n) is 5.38. The fourth-order valence-electron chi connectivity index (χ4n) is 3.91. The van der Waals surface area contributed by atoms with E-state index in [9.17, 15) is 18.8 Å². The Hall–Kier alpha value is -1.77. The van der Waals surface area contributed by atoms with Crippen LogP contribution in [-0.2, 0) is 20.8 Å². The summed E-state index contributed by atoms with van der Waals surface area (Å²) in [6.45, 7) is 1.30. The third kappa shape index (κ3) is 4.11. The van der Waals surface area contributed by atoms with Gasteiger partial charge in [0.25, 0.3) is 0 Å². The molecule has 0 spiro atoms. The highest BCUT2D eigenvalue weighted by Gasteiger charge is 2.40. The largest absolute Gasteiger partial charge is 0.363 e. The number of nitrogens with zero attached hydrogens (tertiary/aromatic N) is 2. The monoisotopic (exact) mass is 464 g/mol. The van der Waals surface area contributed by atoms with Crippen LogP contribution in [0.4, 0.5) is 10.1 Å². The average molecular weight is 466 g/mol. The van der Waals surface area contributed by atoms with Crippen molar-refractivity contribution in [1.29, 1.82) is 0 Å². The number of nitrogens with one attached hydrogen (secondary N) is 2. The minimum Gasteiger partial charge on any atom is -0.363 e. The molecule has 2 atom stereocenters. The van der Waals surface area contributed by atoms with Gasteiger partial charge in [0.05, 0.1) is 26.8 Å². The van der Waals surface area contributed by atoms with Crippen LogP contribution in [0.15, 0.2) is 0 Å². The Balaban J connectivity index is 1.67. The number of hydrogen-bond acceptors (Lipinski definition) is 4. The molecule has 0 bridgehead atoms. The lowest BCUT2D eigenvalue weighted by Crippen LogP contribution is -2.54. The number of anilines is 1. The maximum atomic E-state index is 14.6. The summed E-state index contributed by atoms with van der Waals surface area (Å²) < 4.78 is 14.6. The van der Waals surface area contributed by atoms with Crippen molar-refractivity contribution in [3.05, 3.63) is 26.4 Å². The molecular formula is C18H20Cl3FN4O3. The predicted molar refractivity (Wildman–Crippen MR) is 109 cm³/mol. The summed E-state index contributed by atoms with van der Waals surface area (Å²) in [5, 5.41) is 4.89. The van der Waals surface area contributed by atoms with Crippen LogP contribution in [0.3, 0.4) is 0 Å². The van der Waals surface area contributed by atoms with E-state index in [0.29, 0.717) is 43.7 Å². The zero-order valence-electron chi connectivity index (χ0n) is 15.6. The molecule has 1 fully saturated rings. The van der Waals surface area contributed by atoms with Gasteiger partial charge in [-0.1, -0.05) is 34.8 Å². The first kappa shape index (κ1) is 21.9. The van der Waals surface area contributed by atoms with Gasteiger partial charge in [-0.2, -0.15) is 0 Å². The van der Waals surface area contributed by atoms with E-state index in [2.05, 4.69) is 10.6 Å². The Morgan fingerprint density at radius 2 is 1.97 bits per heavy atom. The van der Waals surface area contributed by atoms with Crippen molar-refractivity contribution >= 4 is 58.7 Å². The van der Waals surface area contributed by atoms with Crippen LogP contribution in [0.25, 0.3) is 0 Å². The van der Waals surface area contributed by atoms with Crippen LogP contribution in [0.5, 0.6) is 0 Å². The fraction of sp³-hybridized carbons (Fsp3) is 0.500. The van der Waals surface area contributed by atoms with Crippen LogP contribution in [-0.4, -0.2) is 61.9 Å². The van der Waals surface area contributed by atoms with Gasteiger partial charge >= 0.3 is 0 Å². The van der Waals surface area contributed by atoms with E-state index in [1.54, 1.807) is 4.90 Å². The number of amides is 3. The Bertz CT molecular complexity index is 854. The second kappa shape index (κ2) is 8.93. The highest BCUT2D eigenvalue weighted by atomic mass is 35.5. The molecule has 2 N–H and O–H groups in total. The van der Waals surface area contributed by atoms with E-state index in [-0.39, 0.29) is 45.8 Å². The summed E-state index contributed by atoms with van der Waals surface area (Å²) in [5.41, 5.74) is 0.962. The molecule has 7 nitrogen and oxygen atoms in total. The van der Waals surface area contributed by atoms with Gasteiger partial charge in [0.1, 0.15) is 11.9 Å². The minimum atomic E-state index is -0.768. The summed E-state index contributed by atoms with van der Waals surface area (Å²) in [4.78, 5) is 38.7. The molecule has 1 aromatic carbocycles. The average Bonchev–Trinajstić information content (AvgIpc) is 3.11. The third-order valence-corrected chi connectivity index (χ3v) is 6.67. The van der Waals surface area contributed by atoms with Gasteiger partial charge in [-0.25, -0.2) is 4.39 Å². The van der Waals surface area contributed by atoms with Crippen LogP contribution in [0.2, 0.25) is 15.1 Å². The maximum absolute atomic E-state index is 14.6. The Morgan fingerprint density at radius 3 is 2.62 bits per heavy atom. The summed E-state index contributed by atoms with van der Waals surface area (Å²) in [7, 11) is 1.46. The minimum absolute atomic E-state index is 0.00772. The van der Waals surface area contributed by atoms with Gasteiger partial charge in [0.15, 0.2) is 0 Å². The fourth-order valence-corrected chi connectivity index (χ4v) is 4.66. The molecule has 29 heavy (non-hydrogen) atoms. The topological polar surface area (TPSA) is 81.8 Å². The molecule has 1 aromatic rings. The van der Waals surface area contributed by atoms with E-state index in [0.717, 1.165) is 0 Å². The van der Waals surface area contributed by atoms with Gasteiger partial charge in [-0.15, -0.1) is 0 Å². The molecule has 3 rings (SSSR count). The number of benzene rings is 1. The van der Waals surface area contributed by atoms with E-state index in [1.165, 1.54) is 7.05 Å². The second-order valence-corrected chi connectivity index (χ2v) is 8.10. The Morgan fingerprint density at radius 1 is 1.24 bits per heavy atom. The molecule has 11 heteroatoms. The molecule has 0 saturated carbocycles. The van der Waals surface area contributed by atoms with Crippen molar-refractivity contribution in [3.63, 3.8) is 0 Å². The number of rotatable bonds is 6. The molecular weight excluding hydrogens is 446 g/mol. The first-order valence-corrected chi connectivity index (χ1v) is 10.2. The Labute approximate surface area is 182 Å². The van der Waals surface area contributed by atoms with Crippen LogP contribution in [0, 0.1) is 5.82 Å². The van der Waals surface area contributed by atoms with Crippen molar-refractivity contribution in [2.45, 2.75) is 31.3 Å². The highest BCUT2D eigenvalue weighted by Crippen LogP contribution is 2.47. The van der Waals surface area contributed by atoms with Gasteiger partial charge in [0.2, 0.25) is 18.2 Å². The molecule has 1 saturated heterocycles. The number of hydrogen-bond donors (Lipinski definition) is 2. The van der Waals surface area contributed by atoms with Crippen molar-refractivity contribution in [3.8, 4) is 0 Å². The SMILES string of the molecule is CNC(=O)C(CCC(=O)N1CCN2c3c(Cl)c(Cl)c(Cl)c(F)c3CC2C1)NC=O. The van der Waals surface area contributed by atoms with Crippen molar-refractivity contribution < 1.29 is 18.8 Å². The number of fused-ring (bicyclic) bond motifs is 3. The van der Waals surface area contributed by atoms with Crippen molar-refractivity contribution in [2.75, 3.05) is 31.6 Å². The van der Waals surface area contributed by atoms with Gasteiger partial charge in [-0.3, -0.25) is 14.4 Å². The standard InChI is InChI=1S/C18H20Cl3FN4O3/c1-23-18(29)11(24-8-27)2-3-12(28)25-4-5-26-9(7-25)6-10-16(22)14(20)13(19)15(21)17(10)26/h8-9,11H,2-7H2,1H3,(H,23,29)(H,24,27). The molecule has 3 amide bonds. The van der Waals surface area contributed by atoms with Gasteiger partial charge in [-0.05, 0) is 12.8 Å². The highest BCUT2D eigenvalue weighted by molar-refractivity contribution is 6.49. The lowest BCUT2D eigenvalue weighted by Gasteiger charge is -2.39. The van der Waals surface area contributed by atoms with E-state index in [4.69, 9.17) is 34.8 Å². The normalized spacial score (nSPS) is 18.7. The summed E-state index contributed by atoms with van der Waals surface area (Å²) in [5.74, 6) is -1.07. The number of likely N-dealkylation sites (N-methyl/N-ethyl adjacent to an activating group) is 1. The molecule has 0 aliphatic carbocycles. The van der Waals surface area contributed by atoms with Crippen molar-refractivity contribution in [2.24, 2.45) is 0 Å². The molecule has 0 radical (unpaired) electrons. The number of carbonyl (C=O) groups excluding carboxylic acids is 3. The first-order valence-electron chi connectivity index (χ1n) is 9.10. The van der Waals surface area contributed by atoms with Crippen molar-refractivity contribution in [1.82, 2.24) is 15.5 Å². The smallest absolute Gasteiger partial charge is 0.242 e. The van der Waals surface area contributed by atoms with E-state index < -0.39 is 11.9 Å². The van der Waals surface area contributed by atoms with E-state index in [1.807, 2.05) is 4.90 Å².